The Morgan fingerprint density at radius 2 is 1.43 bits per heavy atom. The van der Waals surface area contributed by atoms with E-state index in [-0.39, 0.29) is 11.4 Å². The van der Waals surface area contributed by atoms with Crippen LogP contribution in [0.15, 0.2) is 53.4 Å². The minimum Gasteiger partial charge on any atom is -0.307 e. The molecule has 0 bridgehead atoms. The molecule has 0 unspecified atom stereocenters. The van der Waals surface area contributed by atoms with Gasteiger partial charge in [-0.15, -0.1) is 12.6 Å². The first kappa shape index (κ1) is 15.4. The monoisotopic (exact) mass is 300 g/mol. The van der Waals surface area contributed by atoms with E-state index in [0.29, 0.717) is 5.69 Å². The predicted molar refractivity (Wildman–Crippen MR) is 91.5 cm³/mol. The normalized spacial score (nSPS) is 11.0. The first-order valence-electron chi connectivity index (χ1n) is 6.83. The first-order valence-corrected chi connectivity index (χ1v) is 7.28. The standard InChI is InChI=1S/C17H20N2OS/c1-17(2,3)12-8-4-5-9-13(12)18-16(20)19-14-10-6-7-11-15(14)21/h4-11,21H,1-3H3,(H2,18,19,20). The van der Waals surface area contributed by atoms with E-state index >= 15 is 0 Å². The van der Waals surface area contributed by atoms with Gasteiger partial charge in [-0.1, -0.05) is 51.1 Å². The van der Waals surface area contributed by atoms with Crippen LogP contribution in [0, 0.1) is 0 Å². The minimum absolute atomic E-state index is 0.0364. The lowest BCUT2D eigenvalue weighted by Gasteiger charge is -2.23. The fourth-order valence-corrected chi connectivity index (χ4v) is 2.32. The van der Waals surface area contributed by atoms with Crippen LogP contribution in [0.4, 0.5) is 16.2 Å². The van der Waals surface area contributed by atoms with Crippen molar-refractivity contribution in [3.05, 3.63) is 54.1 Å². The van der Waals surface area contributed by atoms with E-state index in [9.17, 15) is 4.79 Å². The second-order valence-corrected chi connectivity index (χ2v) is 6.37. The number of thiol groups is 1. The molecule has 0 saturated carbocycles. The average molecular weight is 300 g/mol. The molecule has 0 atom stereocenters. The van der Waals surface area contributed by atoms with Crippen LogP contribution in [-0.4, -0.2) is 6.03 Å². The lowest BCUT2D eigenvalue weighted by molar-refractivity contribution is 0.262. The molecule has 2 aromatic carbocycles. The predicted octanol–water partition coefficient (Wildman–Crippen LogP) is 4.92. The highest BCUT2D eigenvalue weighted by molar-refractivity contribution is 7.80. The molecular formula is C17H20N2OS. The number of benzene rings is 2. The summed E-state index contributed by atoms with van der Waals surface area (Å²) in [6.45, 7) is 6.36. The lowest BCUT2D eigenvalue weighted by Crippen LogP contribution is -2.23. The molecule has 2 N–H and O–H groups in total. The fourth-order valence-electron chi connectivity index (χ4n) is 2.10. The molecule has 0 aromatic heterocycles. The molecule has 21 heavy (non-hydrogen) atoms. The molecule has 0 heterocycles. The topological polar surface area (TPSA) is 41.1 Å². The zero-order chi connectivity index (χ0) is 15.5. The number of hydrogen-bond acceptors (Lipinski definition) is 2. The SMILES string of the molecule is CC(C)(C)c1ccccc1NC(=O)Nc1ccccc1S. The van der Waals surface area contributed by atoms with Gasteiger partial charge >= 0.3 is 6.03 Å². The molecule has 2 aromatic rings. The molecule has 0 radical (unpaired) electrons. The molecule has 110 valence electrons. The molecule has 2 rings (SSSR count). The Bertz CT molecular complexity index is 647. The maximum atomic E-state index is 12.2. The van der Waals surface area contributed by atoms with Gasteiger partial charge in [-0.3, -0.25) is 0 Å². The largest absolute Gasteiger partial charge is 0.323 e. The van der Waals surface area contributed by atoms with Gasteiger partial charge in [0.15, 0.2) is 0 Å². The number of rotatable bonds is 2. The second-order valence-electron chi connectivity index (χ2n) is 5.89. The van der Waals surface area contributed by atoms with Crippen molar-refractivity contribution in [3.8, 4) is 0 Å². The number of carbonyl (C=O) groups is 1. The summed E-state index contributed by atoms with van der Waals surface area (Å²) in [4.78, 5) is 12.9. The summed E-state index contributed by atoms with van der Waals surface area (Å²) < 4.78 is 0. The summed E-state index contributed by atoms with van der Waals surface area (Å²) in [5, 5.41) is 5.72. The van der Waals surface area contributed by atoms with Crippen molar-refractivity contribution < 1.29 is 4.79 Å². The summed E-state index contributed by atoms with van der Waals surface area (Å²) in [6.07, 6.45) is 0. The highest BCUT2D eigenvalue weighted by atomic mass is 32.1. The molecule has 0 saturated heterocycles. The third kappa shape index (κ3) is 4.02. The van der Waals surface area contributed by atoms with Gasteiger partial charge in [0.05, 0.1) is 5.69 Å². The maximum Gasteiger partial charge on any atom is 0.323 e. The Kier molecular flexibility index (Phi) is 4.58. The van der Waals surface area contributed by atoms with Crippen molar-refractivity contribution in [2.75, 3.05) is 10.6 Å². The van der Waals surface area contributed by atoms with Crippen molar-refractivity contribution in [3.63, 3.8) is 0 Å². The van der Waals surface area contributed by atoms with Crippen molar-refractivity contribution in [1.82, 2.24) is 0 Å². The molecule has 0 aliphatic rings. The van der Waals surface area contributed by atoms with Crippen LogP contribution in [0.1, 0.15) is 26.3 Å². The molecule has 2 amide bonds. The summed E-state index contributed by atoms with van der Waals surface area (Å²) >= 11 is 4.32. The molecule has 0 aliphatic heterocycles. The van der Waals surface area contributed by atoms with Gasteiger partial charge in [0.1, 0.15) is 0 Å². The third-order valence-corrected chi connectivity index (χ3v) is 3.53. The second kappa shape index (κ2) is 6.22. The van der Waals surface area contributed by atoms with Gasteiger partial charge in [0, 0.05) is 10.6 Å². The highest BCUT2D eigenvalue weighted by Gasteiger charge is 2.18. The van der Waals surface area contributed by atoms with Gasteiger partial charge in [0.2, 0.25) is 0 Å². The van der Waals surface area contributed by atoms with Crippen LogP contribution in [-0.2, 0) is 5.41 Å². The van der Waals surface area contributed by atoms with Crippen LogP contribution >= 0.6 is 12.6 Å². The average Bonchev–Trinajstić information content (AvgIpc) is 2.41. The number of carbonyl (C=O) groups excluding carboxylic acids is 1. The van der Waals surface area contributed by atoms with E-state index in [4.69, 9.17) is 0 Å². The molecule has 3 nitrogen and oxygen atoms in total. The third-order valence-electron chi connectivity index (χ3n) is 3.14. The number of para-hydroxylation sites is 2. The zero-order valence-corrected chi connectivity index (χ0v) is 13.4. The van der Waals surface area contributed by atoms with Crippen molar-refractivity contribution in [2.45, 2.75) is 31.1 Å². The number of urea groups is 1. The molecule has 0 spiro atoms. The molecule has 4 heteroatoms. The van der Waals surface area contributed by atoms with Gasteiger partial charge in [-0.25, -0.2) is 4.79 Å². The number of nitrogens with one attached hydrogen (secondary N) is 2. The summed E-state index contributed by atoms with van der Waals surface area (Å²) in [7, 11) is 0. The van der Waals surface area contributed by atoms with E-state index in [1.165, 1.54) is 0 Å². The van der Waals surface area contributed by atoms with Crippen molar-refractivity contribution in [1.29, 1.82) is 0 Å². The molecule has 0 aliphatic carbocycles. The summed E-state index contributed by atoms with van der Waals surface area (Å²) in [5.41, 5.74) is 2.57. The summed E-state index contributed by atoms with van der Waals surface area (Å²) in [6, 6.07) is 14.9. The van der Waals surface area contributed by atoms with Crippen LogP contribution in [0.3, 0.4) is 0 Å². The van der Waals surface area contributed by atoms with Crippen LogP contribution in [0.5, 0.6) is 0 Å². The van der Waals surface area contributed by atoms with E-state index < -0.39 is 0 Å². The maximum absolute atomic E-state index is 12.2. The zero-order valence-electron chi connectivity index (χ0n) is 12.5. The molecule has 0 fully saturated rings. The smallest absolute Gasteiger partial charge is 0.307 e. The van der Waals surface area contributed by atoms with E-state index in [1.807, 2.05) is 48.5 Å². The van der Waals surface area contributed by atoms with Crippen LogP contribution in [0.2, 0.25) is 0 Å². The van der Waals surface area contributed by atoms with Gasteiger partial charge in [-0.2, -0.15) is 0 Å². The van der Waals surface area contributed by atoms with E-state index in [1.54, 1.807) is 0 Å². The van der Waals surface area contributed by atoms with Crippen molar-refractivity contribution in [2.24, 2.45) is 0 Å². The Morgan fingerprint density at radius 1 is 0.905 bits per heavy atom. The quantitative estimate of drug-likeness (QED) is 0.677. The highest BCUT2D eigenvalue weighted by Crippen LogP contribution is 2.29. The number of anilines is 2. The first-order chi connectivity index (χ1) is 9.88. The number of amides is 2. The number of hydrogen-bond donors (Lipinski definition) is 3. The minimum atomic E-state index is -0.270. The van der Waals surface area contributed by atoms with Gasteiger partial charge < -0.3 is 10.6 Å². The van der Waals surface area contributed by atoms with Crippen LogP contribution < -0.4 is 10.6 Å². The lowest BCUT2D eigenvalue weighted by atomic mass is 9.86. The van der Waals surface area contributed by atoms with Crippen molar-refractivity contribution >= 4 is 30.0 Å². The van der Waals surface area contributed by atoms with Crippen LogP contribution in [0.25, 0.3) is 0 Å². The Labute approximate surface area is 131 Å². The van der Waals surface area contributed by atoms with Gasteiger partial charge in [-0.05, 0) is 29.2 Å². The summed E-state index contributed by atoms with van der Waals surface area (Å²) in [5.74, 6) is 0. The fraction of sp³-hybridized carbons (Fsp3) is 0.235. The Morgan fingerprint density at radius 3 is 2.05 bits per heavy atom. The molecular weight excluding hydrogens is 280 g/mol. The Balaban J connectivity index is 2.16. The van der Waals surface area contributed by atoms with E-state index in [0.717, 1.165) is 16.1 Å². The van der Waals surface area contributed by atoms with Gasteiger partial charge in [0.25, 0.3) is 0 Å². The Hall–Kier alpha value is -1.94. The van der Waals surface area contributed by atoms with E-state index in [2.05, 4.69) is 44.0 Å².